The molecule has 5 nitrogen and oxygen atoms in total. The number of hydrogen-bond acceptors (Lipinski definition) is 6. The van der Waals surface area contributed by atoms with Gasteiger partial charge < -0.3 is 4.90 Å². The van der Waals surface area contributed by atoms with Gasteiger partial charge in [-0.2, -0.15) is 0 Å². The quantitative estimate of drug-likeness (QED) is 0.738. The minimum absolute atomic E-state index is 0.0120. The second-order valence-electron chi connectivity index (χ2n) is 6.87. The number of carbonyl (C=O) groups excluding carboxylic acids is 1. The second-order valence-corrected chi connectivity index (χ2v) is 9.97. The highest BCUT2D eigenvalue weighted by Crippen LogP contribution is 2.36. The van der Waals surface area contributed by atoms with E-state index in [1.54, 1.807) is 17.8 Å². The number of amidine groups is 1. The maximum atomic E-state index is 12.1. The molecule has 0 spiro atoms. The molecule has 0 N–H and O–H groups in total. The molecule has 0 unspecified atom stereocenters. The first-order valence-corrected chi connectivity index (χ1v) is 11.6. The molecule has 140 valence electrons. The Balaban J connectivity index is 1.65. The van der Waals surface area contributed by atoms with Crippen LogP contribution in [0.2, 0.25) is 0 Å². The van der Waals surface area contributed by atoms with Crippen molar-refractivity contribution in [2.75, 3.05) is 16.4 Å². The fourth-order valence-corrected chi connectivity index (χ4v) is 6.45. The maximum absolute atomic E-state index is 12.1. The fourth-order valence-electron chi connectivity index (χ4n) is 3.53. The Labute approximate surface area is 163 Å². The maximum Gasteiger partial charge on any atom is 0.164 e. The van der Waals surface area contributed by atoms with Crippen LogP contribution in [0, 0.1) is 0 Å². The molecule has 0 saturated carbocycles. The van der Waals surface area contributed by atoms with Gasteiger partial charge in [0.1, 0.15) is 0 Å². The predicted molar refractivity (Wildman–Crippen MR) is 110 cm³/mol. The number of thioether (sulfide) groups is 1. The number of benzene rings is 2. The van der Waals surface area contributed by atoms with Crippen molar-refractivity contribution in [3.63, 3.8) is 0 Å². The third-order valence-corrected chi connectivity index (χ3v) is 7.59. The van der Waals surface area contributed by atoms with E-state index in [4.69, 9.17) is 4.99 Å². The van der Waals surface area contributed by atoms with Crippen LogP contribution >= 0.6 is 11.8 Å². The first-order chi connectivity index (χ1) is 12.9. The van der Waals surface area contributed by atoms with Crippen LogP contribution < -0.4 is 4.90 Å². The lowest BCUT2D eigenvalue weighted by Crippen LogP contribution is -2.39. The Morgan fingerprint density at radius 2 is 1.93 bits per heavy atom. The lowest BCUT2D eigenvalue weighted by atomic mass is 10.1. The number of fused-ring (bicyclic) bond motifs is 1. The molecule has 7 heteroatoms. The Morgan fingerprint density at radius 1 is 1.15 bits per heavy atom. The van der Waals surface area contributed by atoms with E-state index in [2.05, 4.69) is 12.1 Å². The van der Waals surface area contributed by atoms with E-state index < -0.39 is 9.84 Å². The van der Waals surface area contributed by atoms with Crippen molar-refractivity contribution in [1.29, 1.82) is 0 Å². The number of anilines is 1. The molecule has 2 aromatic carbocycles. The normalized spacial score (nSPS) is 23.1. The summed E-state index contributed by atoms with van der Waals surface area (Å²) in [4.78, 5) is 18.5. The zero-order valence-corrected chi connectivity index (χ0v) is 16.5. The molecule has 2 aliphatic heterocycles. The van der Waals surface area contributed by atoms with Crippen LogP contribution in [0.15, 0.2) is 59.6 Å². The fraction of sp³-hybridized carbons (Fsp3) is 0.300. The molecule has 0 bridgehead atoms. The summed E-state index contributed by atoms with van der Waals surface area (Å²) >= 11 is 1.61. The molecule has 0 amide bonds. The minimum atomic E-state index is -3.09. The molecular weight excluding hydrogens is 380 g/mol. The van der Waals surface area contributed by atoms with Gasteiger partial charge in [-0.3, -0.25) is 9.79 Å². The van der Waals surface area contributed by atoms with Crippen molar-refractivity contribution < 1.29 is 13.2 Å². The first kappa shape index (κ1) is 18.3. The van der Waals surface area contributed by atoms with Crippen molar-refractivity contribution in [1.82, 2.24) is 0 Å². The van der Waals surface area contributed by atoms with E-state index in [1.165, 1.54) is 12.5 Å². The number of ketones is 1. The predicted octanol–water partition coefficient (Wildman–Crippen LogP) is 3.16. The monoisotopic (exact) mass is 400 g/mol. The standard InChI is InChI=1S/C20H20N2O3S2/c1-14(23)16-8-5-9-17(10-16)22-19-13-27(24,25)12-18(19)21-20(22)26-11-15-6-3-2-4-7-15/h2-10,18-19H,11-13H2,1H3/t18-,19+/m0/s1. The van der Waals surface area contributed by atoms with E-state index in [0.717, 1.165) is 16.6 Å². The van der Waals surface area contributed by atoms with Gasteiger partial charge in [0.25, 0.3) is 0 Å². The SMILES string of the molecule is CC(=O)c1cccc(N2C(SCc3ccccc3)=N[C@H]3CS(=O)(=O)C[C@H]32)c1. The summed E-state index contributed by atoms with van der Waals surface area (Å²) in [6, 6.07) is 17.0. The molecule has 0 aliphatic carbocycles. The highest BCUT2D eigenvalue weighted by molar-refractivity contribution is 8.13. The summed E-state index contributed by atoms with van der Waals surface area (Å²) in [5.41, 5.74) is 2.63. The van der Waals surface area contributed by atoms with Crippen LogP contribution in [0.5, 0.6) is 0 Å². The van der Waals surface area contributed by atoms with Gasteiger partial charge in [0.05, 0.1) is 23.6 Å². The van der Waals surface area contributed by atoms with Gasteiger partial charge in [-0.25, -0.2) is 8.42 Å². The van der Waals surface area contributed by atoms with Crippen LogP contribution in [0.4, 0.5) is 5.69 Å². The molecular formula is C20H20N2O3S2. The average molecular weight is 401 g/mol. The van der Waals surface area contributed by atoms with Crippen LogP contribution in [0.1, 0.15) is 22.8 Å². The van der Waals surface area contributed by atoms with Gasteiger partial charge >= 0.3 is 0 Å². The van der Waals surface area contributed by atoms with E-state index >= 15 is 0 Å². The highest BCUT2D eigenvalue weighted by atomic mass is 32.2. The minimum Gasteiger partial charge on any atom is -0.315 e. The number of aliphatic imine (C=N–C) groups is 1. The molecule has 2 atom stereocenters. The largest absolute Gasteiger partial charge is 0.315 e. The lowest BCUT2D eigenvalue weighted by Gasteiger charge is -2.26. The molecule has 27 heavy (non-hydrogen) atoms. The van der Waals surface area contributed by atoms with Crippen molar-refractivity contribution in [3.8, 4) is 0 Å². The third-order valence-electron chi connectivity index (χ3n) is 4.85. The molecule has 2 aliphatic rings. The molecule has 0 radical (unpaired) electrons. The van der Waals surface area contributed by atoms with Gasteiger partial charge in [0.15, 0.2) is 20.8 Å². The second kappa shape index (κ2) is 7.13. The Kier molecular flexibility index (Phi) is 4.82. The number of rotatable bonds is 4. The van der Waals surface area contributed by atoms with Crippen LogP contribution in [0.25, 0.3) is 0 Å². The van der Waals surface area contributed by atoms with E-state index in [1.807, 2.05) is 41.3 Å². The zero-order valence-electron chi connectivity index (χ0n) is 14.9. The summed E-state index contributed by atoms with van der Waals surface area (Å²) < 4.78 is 24.3. The van der Waals surface area contributed by atoms with Crippen molar-refractivity contribution >= 4 is 38.2 Å². The summed E-state index contributed by atoms with van der Waals surface area (Å²) in [5.74, 6) is 0.938. The molecule has 1 saturated heterocycles. The Hall–Kier alpha value is -2.12. The van der Waals surface area contributed by atoms with Crippen LogP contribution in [-0.2, 0) is 15.6 Å². The number of carbonyl (C=O) groups is 1. The molecule has 2 heterocycles. The van der Waals surface area contributed by atoms with E-state index in [-0.39, 0.29) is 29.4 Å². The average Bonchev–Trinajstić information content (AvgIpc) is 3.12. The van der Waals surface area contributed by atoms with Crippen molar-refractivity contribution in [3.05, 3.63) is 65.7 Å². The van der Waals surface area contributed by atoms with Gasteiger partial charge in [-0.15, -0.1) is 0 Å². The highest BCUT2D eigenvalue weighted by Gasteiger charge is 2.47. The van der Waals surface area contributed by atoms with E-state index in [0.29, 0.717) is 5.56 Å². The van der Waals surface area contributed by atoms with Gasteiger partial charge in [-0.05, 0) is 24.6 Å². The lowest BCUT2D eigenvalue weighted by molar-refractivity contribution is 0.101. The summed E-state index contributed by atoms with van der Waals surface area (Å²) in [7, 11) is -3.09. The molecule has 2 aromatic rings. The van der Waals surface area contributed by atoms with Crippen molar-refractivity contribution in [2.45, 2.75) is 24.8 Å². The number of sulfone groups is 1. The smallest absolute Gasteiger partial charge is 0.164 e. The van der Waals surface area contributed by atoms with Gasteiger partial charge in [0, 0.05) is 17.0 Å². The Morgan fingerprint density at radius 3 is 2.67 bits per heavy atom. The molecule has 0 aromatic heterocycles. The van der Waals surface area contributed by atoms with Crippen molar-refractivity contribution in [2.24, 2.45) is 4.99 Å². The van der Waals surface area contributed by atoms with Gasteiger partial charge in [-0.1, -0.05) is 54.2 Å². The zero-order chi connectivity index (χ0) is 19.0. The third kappa shape index (κ3) is 3.80. The summed E-state index contributed by atoms with van der Waals surface area (Å²) in [5, 5.41) is 0.824. The molecule has 1 fully saturated rings. The number of Topliss-reactive ketones (excluding diaryl/α,β-unsaturated/α-hetero) is 1. The summed E-state index contributed by atoms with van der Waals surface area (Å²) in [6.07, 6.45) is 0. The topological polar surface area (TPSA) is 66.8 Å². The molecule has 4 rings (SSSR count). The summed E-state index contributed by atoms with van der Waals surface area (Å²) in [6.45, 7) is 1.53. The van der Waals surface area contributed by atoms with Gasteiger partial charge in [0.2, 0.25) is 0 Å². The Bertz CT molecular complexity index is 1000. The number of nitrogens with zero attached hydrogens (tertiary/aromatic N) is 2. The van der Waals surface area contributed by atoms with Crippen LogP contribution in [0.3, 0.4) is 0 Å². The number of hydrogen-bond donors (Lipinski definition) is 0. The van der Waals surface area contributed by atoms with E-state index in [9.17, 15) is 13.2 Å². The van der Waals surface area contributed by atoms with Crippen LogP contribution in [-0.4, -0.2) is 43.0 Å². The first-order valence-electron chi connectivity index (χ1n) is 8.78.